The molecule has 0 fully saturated rings. The number of benzene rings is 4. The van der Waals surface area contributed by atoms with Crippen LogP contribution in [0.25, 0.3) is 44.5 Å². The average molecular weight is 706 g/mol. The van der Waals surface area contributed by atoms with Crippen molar-refractivity contribution in [3.8, 4) is 23.1 Å². The number of aryl methyl sites for hydroxylation is 1. The third-order valence-corrected chi connectivity index (χ3v) is 7.09. The molecular formula is C33H26AuN5O-3. The molecule has 7 aromatic rings. The number of ether oxygens (including phenoxy) is 1. The quantitative estimate of drug-likeness (QED) is 0.121. The van der Waals surface area contributed by atoms with Crippen LogP contribution >= 0.6 is 0 Å². The summed E-state index contributed by atoms with van der Waals surface area (Å²) in [7, 11) is 2.00. The van der Waals surface area contributed by atoms with E-state index in [9.17, 15) is 0 Å². The van der Waals surface area contributed by atoms with Gasteiger partial charge in [-0.05, 0) is 23.3 Å². The minimum atomic E-state index is -0.0949. The predicted octanol–water partition coefficient (Wildman–Crippen LogP) is 6.39. The monoisotopic (exact) mass is 705 g/mol. The van der Waals surface area contributed by atoms with Gasteiger partial charge in [-0.1, -0.05) is 80.4 Å². The Bertz CT molecular complexity index is 1990. The fourth-order valence-corrected chi connectivity index (χ4v) is 5.12. The summed E-state index contributed by atoms with van der Waals surface area (Å²) in [4.78, 5) is 8.92. The maximum absolute atomic E-state index is 6.47. The van der Waals surface area contributed by atoms with Crippen LogP contribution in [0.15, 0.2) is 85.2 Å². The molecule has 6 nitrogen and oxygen atoms in total. The van der Waals surface area contributed by atoms with E-state index in [0.717, 1.165) is 44.1 Å². The van der Waals surface area contributed by atoms with E-state index in [2.05, 4.69) is 91.7 Å². The van der Waals surface area contributed by atoms with Crippen molar-refractivity contribution in [2.45, 2.75) is 26.2 Å². The molecule has 0 saturated heterocycles. The van der Waals surface area contributed by atoms with Crippen molar-refractivity contribution in [1.29, 1.82) is 0 Å². The van der Waals surface area contributed by atoms with Gasteiger partial charge in [0.25, 0.3) is 0 Å². The molecule has 0 atom stereocenters. The summed E-state index contributed by atoms with van der Waals surface area (Å²) < 4.78 is 12.5. The van der Waals surface area contributed by atoms with Crippen LogP contribution in [-0.4, -0.2) is 14.1 Å². The van der Waals surface area contributed by atoms with E-state index in [1.165, 1.54) is 0 Å². The van der Waals surface area contributed by atoms with E-state index in [1.807, 2.05) is 51.1 Å². The van der Waals surface area contributed by atoms with Crippen LogP contribution in [0.4, 0.5) is 0 Å². The molecule has 7 rings (SSSR count). The third kappa shape index (κ3) is 4.34. The average Bonchev–Trinajstić information content (AvgIpc) is 3.64. The third-order valence-electron chi connectivity index (χ3n) is 7.09. The van der Waals surface area contributed by atoms with Gasteiger partial charge in [0, 0.05) is 39.8 Å². The molecule has 203 valence electrons. The summed E-state index contributed by atoms with van der Waals surface area (Å²) in [5.41, 5.74) is 5.95. The maximum Gasteiger partial charge on any atom is 0.242 e. The molecule has 7 heteroatoms. The van der Waals surface area contributed by atoms with Crippen LogP contribution in [0.3, 0.4) is 0 Å². The smallest absolute Gasteiger partial charge is 0.242 e. The topological polar surface area (TPSA) is 50.0 Å². The molecule has 0 N–H and O–H groups in total. The maximum atomic E-state index is 6.47. The Kier molecular flexibility index (Phi) is 6.42. The number of hydrogen-bond acceptors (Lipinski definition) is 2. The van der Waals surface area contributed by atoms with Gasteiger partial charge >= 0.3 is 0 Å². The van der Waals surface area contributed by atoms with Gasteiger partial charge in [0.15, 0.2) is 0 Å². The Morgan fingerprint density at radius 1 is 0.875 bits per heavy atom. The Hall–Kier alpha value is -4.10. The molecule has 0 saturated carbocycles. The van der Waals surface area contributed by atoms with Gasteiger partial charge in [-0.3, -0.25) is 0 Å². The van der Waals surface area contributed by atoms with Crippen molar-refractivity contribution in [2.24, 2.45) is 7.05 Å². The Labute approximate surface area is 248 Å². The van der Waals surface area contributed by atoms with Gasteiger partial charge in [0.1, 0.15) is 0 Å². The van der Waals surface area contributed by atoms with Crippen LogP contribution in [0.2, 0.25) is 0 Å². The zero-order valence-electron chi connectivity index (χ0n) is 22.5. The number of imidazole rings is 2. The number of hydrogen-bond donors (Lipinski definition) is 0. The summed E-state index contributed by atoms with van der Waals surface area (Å²) in [5.74, 6) is 1.83. The minimum Gasteiger partial charge on any atom is -0.510 e. The zero-order chi connectivity index (χ0) is 26.7. The van der Waals surface area contributed by atoms with Crippen molar-refractivity contribution in [3.05, 3.63) is 109 Å². The van der Waals surface area contributed by atoms with E-state index in [-0.39, 0.29) is 27.8 Å². The second-order valence-corrected chi connectivity index (χ2v) is 10.7. The first-order valence-corrected chi connectivity index (χ1v) is 12.9. The molecule has 4 aromatic carbocycles. The van der Waals surface area contributed by atoms with Crippen molar-refractivity contribution >= 4 is 32.8 Å². The molecule has 3 aromatic heterocycles. The molecule has 0 aliphatic carbocycles. The summed E-state index contributed by atoms with van der Waals surface area (Å²) >= 11 is 0. The van der Waals surface area contributed by atoms with E-state index in [1.54, 1.807) is 12.4 Å². The second-order valence-electron chi connectivity index (χ2n) is 10.7. The second kappa shape index (κ2) is 9.82. The first-order valence-electron chi connectivity index (χ1n) is 12.9. The molecule has 0 spiro atoms. The van der Waals surface area contributed by atoms with Crippen molar-refractivity contribution < 1.29 is 31.7 Å². The van der Waals surface area contributed by atoms with E-state index in [0.29, 0.717) is 17.4 Å². The van der Waals surface area contributed by atoms with E-state index >= 15 is 0 Å². The number of fused-ring (bicyclic) bond motifs is 4. The van der Waals surface area contributed by atoms with Gasteiger partial charge in [0.2, 0.25) is 6.33 Å². The van der Waals surface area contributed by atoms with Crippen molar-refractivity contribution in [2.75, 3.05) is 0 Å². The van der Waals surface area contributed by atoms with Gasteiger partial charge in [0.05, 0.1) is 18.1 Å². The van der Waals surface area contributed by atoms with Crippen LogP contribution in [0.5, 0.6) is 11.5 Å². The number of rotatable bonds is 4. The molecule has 3 heterocycles. The standard InChI is InChI=1S/C33H26N5O.Au/c1-33(2,3)22-17-23(37-21-36(4)29-11-7-8-12-30(29)37)19-25(18-22)39-24-13-14-27-26-9-5-6-10-28(26)38(31(27)20-24)32-34-15-16-35-32;/h5-18H,1-4H3;/q-3;. The molecular weight excluding hydrogens is 679 g/mol. The van der Waals surface area contributed by atoms with E-state index in [4.69, 9.17) is 4.74 Å². The summed E-state index contributed by atoms with van der Waals surface area (Å²) in [6, 6.07) is 31.7. The van der Waals surface area contributed by atoms with Gasteiger partial charge in [-0.15, -0.1) is 35.2 Å². The van der Waals surface area contributed by atoms with Crippen LogP contribution in [0, 0.1) is 18.5 Å². The summed E-state index contributed by atoms with van der Waals surface area (Å²) in [6.07, 6.45) is 6.82. The SMILES string of the molecule is Cn1[c-][n+](-c2[c-]c(Oc3[c-]c4c(cc3)c3ccccc3n4-c3ncc[n-]3)cc(C(C)(C)C)c2)c2ccccc21.[Au]. The van der Waals surface area contributed by atoms with Gasteiger partial charge < -0.3 is 28.4 Å². The van der Waals surface area contributed by atoms with Crippen molar-refractivity contribution in [3.63, 3.8) is 0 Å². The van der Waals surface area contributed by atoms with Gasteiger partial charge in [-0.25, -0.2) is 0 Å². The first kappa shape index (κ1) is 26.1. The first-order chi connectivity index (χ1) is 18.9. The van der Waals surface area contributed by atoms with Crippen LogP contribution in [0.1, 0.15) is 26.3 Å². The number of nitrogens with zero attached hydrogens (tertiary/aromatic N) is 5. The number of para-hydroxylation sites is 3. The molecule has 0 amide bonds. The molecule has 1 radical (unpaired) electrons. The molecule has 0 aliphatic rings. The number of aromatic nitrogens is 5. The van der Waals surface area contributed by atoms with Crippen molar-refractivity contribution in [1.82, 2.24) is 19.1 Å². The van der Waals surface area contributed by atoms with Crippen LogP contribution in [-0.2, 0) is 34.8 Å². The molecule has 40 heavy (non-hydrogen) atoms. The minimum absolute atomic E-state index is 0. The fraction of sp³-hybridized carbons (Fsp3) is 0.152. The normalized spacial score (nSPS) is 11.8. The zero-order valence-corrected chi connectivity index (χ0v) is 24.7. The molecule has 0 bridgehead atoms. The Morgan fingerprint density at radius 3 is 2.42 bits per heavy atom. The fourth-order valence-electron chi connectivity index (χ4n) is 5.12. The molecule has 0 unspecified atom stereocenters. The Morgan fingerprint density at radius 2 is 1.65 bits per heavy atom. The predicted molar refractivity (Wildman–Crippen MR) is 152 cm³/mol. The largest absolute Gasteiger partial charge is 0.510 e. The van der Waals surface area contributed by atoms with E-state index < -0.39 is 0 Å². The summed E-state index contributed by atoms with van der Waals surface area (Å²) in [5, 5.41) is 2.18. The molecule has 0 aliphatic heterocycles. The summed E-state index contributed by atoms with van der Waals surface area (Å²) in [6.45, 7) is 6.59. The van der Waals surface area contributed by atoms with Crippen LogP contribution < -0.4 is 14.3 Å². The van der Waals surface area contributed by atoms with Gasteiger partial charge in [-0.2, -0.15) is 17.7 Å². The Balaban J connectivity index is 0.00000289.